The van der Waals surface area contributed by atoms with Crippen molar-refractivity contribution in [2.24, 2.45) is 0 Å². The van der Waals surface area contributed by atoms with Crippen LogP contribution in [0.2, 0.25) is 0 Å². The van der Waals surface area contributed by atoms with Crippen LogP contribution in [0.15, 0.2) is 18.2 Å². The molecule has 1 aromatic carbocycles. The Hall–Kier alpha value is -2.04. The molecule has 0 amide bonds. The number of esters is 1. The molecule has 0 aliphatic carbocycles. The maximum absolute atomic E-state index is 11.8. The lowest BCUT2D eigenvalue weighted by Crippen LogP contribution is -2.21. The van der Waals surface area contributed by atoms with Crippen LogP contribution in [0.3, 0.4) is 0 Å². The third-order valence-corrected chi connectivity index (χ3v) is 3.12. The first kappa shape index (κ1) is 12.4. The van der Waals surface area contributed by atoms with Crippen molar-refractivity contribution in [1.29, 1.82) is 0 Å². The highest BCUT2D eigenvalue weighted by Crippen LogP contribution is 2.27. The molecule has 1 atom stereocenters. The molecule has 0 aliphatic rings. The van der Waals surface area contributed by atoms with Gasteiger partial charge in [0.25, 0.3) is 0 Å². The first-order chi connectivity index (χ1) is 8.60. The number of hydrogen-bond donors (Lipinski definition) is 1. The number of ether oxygens (including phenoxy) is 1. The molecule has 96 valence electrons. The number of benzene rings is 1. The van der Waals surface area contributed by atoms with Gasteiger partial charge in [0.15, 0.2) is 0 Å². The van der Waals surface area contributed by atoms with E-state index in [-0.39, 0.29) is 5.97 Å². The molecule has 0 radical (unpaired) electrons. The van der Waals surface area contributed by atoms with E-state index in [1.165, 1.54) is 7.11 Å². The summed E-state index contributed by atoms with van der Waals surface area (Å²) in [7, 11) is 1.38. The number of imidazole rings is 1. The molecule has 1 unspecified atom stereocenters. The number of nitrogen functional groups attached to an aromatic ring is 1. The number of rotatable bonds is 3. The van der Waals surface area contributed by atoms with Crippen molar-refractivity contribution in [3.8, 4) is 0 Å². The monoisotopic (exact) mass is 247 g/mol. The minimum absolute atomic E-state index is 0.301. The third kappa shape index (κ3) is 1.81. The molecule has 1 heterocycles. The van der Waals surface area contributed by atoms with Gasteiger partial charge in [0.2, 0.25) is 5.95 Å². The van der Waals surface area contributed by atoms with Gasteiger partial charge >= 0.3 is 5.97 Å². The number of fused-ring (bicyclic) bond motifs is 1. The normalized spacial score (nSPS) is 12.6. The summed E-state index contributed by atoms with van der Waals surface area (Å²) in [5.41, 5.74) is 8.67. The predicted octanol–water partition coefficient (Wildman–Crippen LogP) is 2.05. The van der Waals surface area contributed by atoms with Crippen molar-refractivity contribution in [1.82, 2.24) is 9.55 Å². The van der Waals surface area contributed by atoms with Gasteiger partial charge in [0.1, 0.15) is 6.04 Å². The van der Waals surface area contributed by atoms with Gasteiger partial charge in [-0.2, -0.15) is 0 Å². The Balaban J connectivity index is 2.66. The summed E-state index contributed by atoms with van der Waals surface area (Å²) in [5, 5.41) is 0. The van der Waals surface area contributed by atoms with Crippen molar-refractivity contribution in [2.45, 2.75) is 26.3 Å². The van der Waals surface area contributed by atoms with Crippen molar-refractivity contribution < 1.29 is 9.53 Å². The van der Waals surface area contributed by atoms with Crippen LogP contribution in [0.25, 0.3) is 11.0 Å². The lowest BCUT2D eigenvalue weighted by molar-refractivity contribution is -0.144. The number of anilines is 1. The average molecular weight is 247 g/mol. The summed E-state index contributed by atoms with van der Waals surface area (Å²) in [5.74, 6) is 0.0431. The number of carbonyl (C=O) groups excluding carboxylic acids is 1. The van der Waals surface area contributed by atoms with Gasteiger partial charge in [0.05, 0.1) is 18.1 Å². The summed E-state index contributed by atoms with van der Waals surface area (Å²) in [6.45, 7) is 3.89. The molecule has 2 N–H and O–H groups in total. The number of aromatic nitrogens is 2. The van der Waals surface area contributed by atoms with Crippen LogP contribution in [0.4, 0.5) is 5.95 Å². The summed E-state index contributed by atoms with van der Waals surface area (Å²) in [6, 6.07) is 5.39. The molecule has 0 fully saturated rings. The van der Waals surface area contributed by atoms with E-state index in [4.69, 9.17) is 10.5 Å². The second-order valence-electron chi connectivity index (χ2n) is 4.23. The third-order valence-electron chi connectivity index (χ3n) is 3.12. The fourth-order valence-electron chi connectivity index (χ4n) is 2.19. The van der Waals surface area contributed by atoms with Gasteiger partial charge in [0, 0.05) is 0 Å². The molecular formula is C13H17N3O2. The summed E-state index contributed by atoms with van der Waals surface area (Å²) in [4.78, 5) is 16.1. The zero-order valence-electron chi connectivity index (χ0n) is 10.8. The van der Waals surface area contributed by atoms with Crippen LogP contribution >= 0.6 is 0 Å². The molecule has 0 aliphatic heterocycles. The average Bonchev–Trinajstić information content (AvgIpc) is 2.69. The quantitative estimate of drug-likeness (QED) is 0.843. The molecule has 0 saturated carbocycles. The first-order valence-corrected chi connectivity index (χ1v) is 5.91. The SMILES string of the molecule is CCC(C(=O)OC)n1c(N)nc2c(C)cccc21. The topological polar surface area (TPSA) is 70.1 Å². The molecule has 0 spiro atoms. The molecule has 18 heavy (non-hydrogen) atoms. The predicted molar refractivity (Wildman–Crippen MR) is 70.2 cm³/mol. The maximum Gasteiger partial charge on any atom is 0.328 e. The highest BCUT2D eigenvalue weighted by molar-refractivity contribution is 5.85. The molecule has 2 aromatic rings. The standard InChI is InChI=1S/C13H17N3O2/c1-4-9(12(17)18-3)16-10-7-5-6-8(2)11(10)15-13(16)14/h5-7,9H,4H2,1-3H3,(H2,14,15). The van der Waals surface area contributed by atoms with Crippen LogP contribution in [-0.4, -0.2) is 22.6 Å². The summed E-state index contributed by atoms with van der Waals surface area (Å²) >= 11 is 0. The van der Waals surface area contributed by atoms with Gasteiger partial charge < -0.3 is 10.5 Å². The number of carbonyl (C=O) groups is 1. The smallest absolute Gasteiger partial charge is 0.328 e. The van der Waals surface area contributed by atoms with E-state index in [1.54, 1.807) is 4.57 Å². The van der Waals surface area contributed by atoms with Gasteiger partial charge in [-0.15, -0.1) is 0 Å². The van der Waals surface area contributed by atoms with Crippen molar-refractivity contribution in [3.05, 3.63) is 23.8 Å². The fraction of sp³-hybridized carbons (Fsp3) is 0.385. The van der Waals surface area contributed by atoms with E-state index in [2.05, 4.69) is 4.98 Å². The lowest BCUT2D eigenvalue weighted by atomic mass is 10.2. The lowest BCUT2D eigenvalue weighted by Gasteiger charge is -2.16. The second-order valence-corrected chi connectivity index (χ2v) is 4.23. The number of methoxy groups -OCH3 is 1. The minimum Gasteiger partial charge on any atom is -0.467 e. The van der Waals surface area contributed by atoms with E-state index < -0.39 is 6.04 Å². The van der Waals surface area contributed by atoms with Crippen molar-refractivity contribution in [3.63, 3.8) is 0 Å². The van der Waals surface area contributed by atoms with Gasteiger partial charge in [-0.3, -0.25) is 4.57 Å². The van der Waals surface area contributed by atoms with Crippen LogP contribution < -0.4 is 5.73 Å². The Kier molecular flexibility index (Phi) is 3.23. The number of hydrogen-bond acceptors (Lipinski definition) is 4. The summed E-state index contributed by atoms with van der Waals surface area (Å²) < 4.78 is 6.56. The number of aryl methyl sites for hydroxylation is 1. The summed E-state index contributed by atoms with van der Waals surface area (Å²) in [6.07, 6.45) is 0.607. The molecule has 5 heteroatoms. The number of nitrogens with zero attached hydrogens (tertiary/aromatic N) is 2. The molecule has 1 aromatic heterocycles. The molecule has 5 nitrogen and oxygen atoms in total. The second kappa shape index (κ2) is 4.68. The van der Waals surface area contributed by atoms with E-state index in [1.807, 2.05) is 32.0 Å². The van der Waals surface area contributed by atoms with E-state index >= 15 is 0 Å². The highest BCUT2D eigenvalue weighted by atomic mass is 16.5. The minimum atomic E-state index is -0.429. The maximum atomic E-state index is 11.8. The van der Waals surface area contributed by atoms with Crippen LogP contribution in [-0.2, 0) is 9.53 Å². The fourth-order valence-corrected chi connectivity index (χ4v) is 2.19. The highest BCUT2D eigenvalue weighted by Gasteiger charge is 2.24. The Bertz CT molecular complexity index is 589. The molecule has 0 bridgehead atoms. The van der Waals surface area contributed by atoms with Crippen LogP contribution in [0, 0.1) is 6.92 Å². The molecular weight excluding hydrogens is 230 g/mol. The van der Waals surface area contributed by atoms with E-state index in [0.717, 1.165) is 16.6 Å². The van der Waals surface area contributed by atoms with Crippen LogP contribution in [0.1, 0.15) is 24.9 Å². The van der Waals surface area contributed by atoms with Gasteiger partial charge in [-0.05, 0) is 25.0 Å². The zero-order chi connectivity index (χ0) is 13.3. The van der Waals surface area contributed by atoms with Crippen LogP contribution in [0.5, 0.6) is 0 Å². The first-order valence-electron chi connectivity index (χ1n) is 5.91. The van der Waals surface area contributed by atoms with Gasteiger partial charge in [-0.1, -0.05) is 19.1 Å². The van der Waals surface area contributed by atoms with Crippen molar-refractivity contribution in [2.75, 3.05) is 12.8 Å². The Labute approximate surface area is 106 Å². The Morgan fingerprint density at radius 1 is 1.56 bits per heavy atom. The number of nitrogens with two attached hydrogens (primary N) is 1. The van der Waals surface area contributed by atoms with E-state index in [9.17, 15) is 4.79 Å². The number of para-hydroxylation sites is 1. The zero-order valence-corrected chi connectivity index (χ0v) is 10.8. The Morgan fingerprint density at radius 2 is 2.28 bits per heavy atom. The largest absolute Gasteiger partial charge is 0.467 e. The van der Waals surface area contributed by atoms with Gasteiger partial charge in [-0.25, -0.2) is 9.78 Å². The Morgan fingerprint density at radius 3 is 2.89 bits per heavy atom. The molecule has 2 rings (SSSR count). The van der Waals surface area contributed by atoms with E-state index in [0.29, 0.717) is 12.4 Å². The molecule has 0 saturated heterocycles. The van der Waals surface area contributed by atoms with Crippen molar-refractivity contribution >= 4 is 23.0 Å².